The maximum Gasteiger partial charge on any atom is 0.501 e. The highest BCUT2D eigenvalue weighted by molar-refractivity contribution is 7.99. The van der Waals surface area contributed by atoms with Crippen molar-refractivity contribution in [3.05, 3.63) is 137 Å². The first-order valence-corrected chi connectivity index (χ1v) is 25.1. The van der Waals surface area contributed by atoms with Crippen LogP contribution in [0.4, 0.5) is 24.5 Å². The van der Waals surface area contributed by atoms with Gasteiger partial charge in [-0.15, -0.1) is 11.8 Å². The Hall–Kier alpha value is -4.46. The molecule has 2 heterocycles. The van der Waals surface area contributed by atoms with Crippen LogP contribution in [0.1, 0.15) is 41.3 Å². The molecule has 0 aromatic heterocycles. The average Bonchev–Trinajstić information content (AvgIpc) is 3.32. The second-order valence-corrected chi connectivity index (χ2v) is 20.6. The summed E-state index contributed by atoms with van der Waals surface area (Å²) in [6, 6.07) is 33.8. The molecule has 4 N–H and O–H groups in total. The number of sulfone groups is 1. The molecule has 5 aromatic rings. The molecule has 0 saturated carbocycles. The van der Waals surface area contributed by atoms with Crippen molar-refractivity contribution >= 4 is 61.5 Å². The van der Waals surface area contributed by atoms with Gasteiger partial charge in [0.15, 0.2) is 11.0 Å². The highest BCUT2D eigenvalue weighted by Gasteiger charge is 2.48. The quantitative estimate of drug-likeness (QED) is 0.0667. The van der Waals surface area contributed by atoms with E-state index in [1.54, 1.807) is 24.3 Å². The van der Waals surface area contributed by atoms with Gasteiger partial charge in [-0.1, -0.05) is 66.2 Å². The zero-order valence-electron chi connectivity index (χ0n) is 35.2. The number of thioether (sulfide) groups is 1. The number of benzene rings is 5. The number of piperidine rings is 1. The number of halogens is 4. The molecule has 7 rings (SSSR count). The van der Waals surface area contributed by atoms with Crippen LogP contribution in [0, 0.1) is 5.92 Å². The molecule has 346 valence electrons. The van der Waals surface area contributed by atoms with E-state index < -0.39 is 49.3 Å². The van der Waals surface area contributed by atoms with Gasteiger partial charge < -0.3 is 25.2 Å². The summed E-state index contributed by atoms with van der Waals surface area (Å²) in [4.78, 5) is 17.0. The van der Waals surface area contributed by atoms with Crippen LogP contribution < -0.4 is 14.9 Å². The Morgan fingerprint density at radius 3 is 2.31 bits per heavy atom. The van der Waals surface area contributed by atoms with E-state index in [1.165, 1.54) is 17.8 Å². The number of hydrogen-bond acceptors (Lipinski definition) is 11. The number of morpholine rings is 1. The van der Waals surface area contributed by atoms with Crippen LogP contribution in [0.5, 0.6) is 0 Å². The highest BCUT2D eigenvalue weighted by atomic mass is 35.5. The average molecular weight is 972 g/mol. The first-order chi connectivity index (χ1) is 31.2. The number of aliphatic hydroxyl groups is 2. The number of carbonyl (C=O) groups excluding carboxylic acids is 1. The van der Waals surface area contributed by atoms with Crippen molar-refractivity contribution in [1.82, 2.24) is 9.62 Å². The molecule has 2 aliphatic rings. The van der Waals surface area contributed by atoms with E-state index in [0.717, 1.165) is 33.3 Å². The van der Waals surface area contributed by atoms with Crippen molar-refractivity contribution in [2.24, 2.45) is 5.92 Å². The number of alkyl halides is 3. The number of aliphatic hydroxyl groups excluding tert-OH is 2. The molecule has 4 atom stereocenters. The van der Waals surface area contributed by atoms with Crippen LogP contribution in [-0.2, 0) is 25.6 Å². The maximum atomic E-state index is 14.2. The molecule has 18 heteroatoms. The summed E-state index contributed by atoms with van der Waals surface area (Å²) in [6.45, 7) is 3.11. The predicted molar refractivity (Wildman–Crippen MR) is 249 cm³/mol. The van der Waals surface area contributed by atoms with Gasteiger partial charge in [0.25, 0.3) is 15.7 Å². The maximum absolute atomic E-state index is 14.2. The minimum absolute atomic E-state index is 0.0120. The van der Waals surface area contributed by atoms with Crippen LogP contribution in [0.3, 0.4) is 0 Å². The minimum atomic E-state index is -5.95. The summed E-state index contributed by atoms with van der Waals surface area (Å²) in [5.74, 6) is -0.394. The number of anilines is 2. The Kier molecular flexibility index (Phi) is 16.3. The van der Waals surface area contributed by atoms with Gasteiger partial charge in [-0.25, -0.2) is 12.6 Å². The molecule has 0 spiro atoms. The third kappa shape index (κ3) is 12.3. The number of hydrogen-bond donors (Lipinski definition) is 4. The van der Waals surface area contributed by atoms with Crippen LogP contribution in [0.2, 0.25) is 5.02 Å². The van der Waals surface area contributed by atoms with Gasteiger partial charge in [-0.3, -0.25) is 14.4 Å². The summed E-state index contributed by atoms with van der Waals surface area (Å²) in [5.41, 5.74) is -2.26. The van der Waals surface area contributed by atoms with E-state index in [-0.39, 0.29) is 34.8 Å². The molecule has 11 nitrogen and oxygen atoms in total. The number of ether oxygens (including phenoxy) is 1. The summed E-state index contributed by atoms with van der Waals surface area (Å²) in [5, 5.41) is 24.8. The fourth-order valence-electron chi connectivity index (χ4n) is 8.05. The first kappa shape index (κ1) is 48.5. The monoisotopic (exact) mass is 970 g/mol. The number of rotatable bonds is 17. The van der Waals surface area contributed by atoms with Crippen molar-refractivity contribution in [2.45, 2.75) is 57.7 Å². The fraction of sp³-hybridized carbons (Fsp3) is 0.340. The second kappa shape index (κ2) is 21.9. The van der Waals surface area contributed by atoms with Gasteiger partial charge in [0.05, 0.1) is 36.0 Å². The van der Waals surface area contributed by atoms with Crippen molar-refractivity contribution in [3.8, 4) is 11.1 Å². The van der Waals surface area contributed by atoms with E-state index in [1.807, 2.05) is 78.9 Å². The molecular formula is C47H50ClF3N4O7S3. The first-order valence-electron chi connectivity index (χ1n) is 21.2. The summed E-state index contributed by atoms with van der Waals surface area (Å²) in [7, 11) is -8.39. The van der Waals surface area contributed by atoms with E-state index in [2.05, 4.69) is 19.8 Å². The lowest BCUT2D eigenvalue weighted by Crippen LogP contribution is -2.45. The van der Waals surface area contributed by atoms with E-state index in [0.29, 0.717) is 75.4 Å². The minimum Gasteiger partial charge on any atom is -0.394 e. The largest absolute Gasteiger partial charge is 0.501 e. The summed E-state index contributed by atoms with van der Waals surface area (Å²) < 4.78 is 90.0. The Morgan fingerprint density at radius 2 is 1.62 bits per heavy atom. The lowest BCUT2D eigenvalue weighted by Gasteiger charge is -2.36. The van der Waals surface area contributed by atoms with E-state index in [9.17, 15) is 40.8 Å². The lowest BCUT2D eigenvalue weighted by molar-refractivity contribution is -0.0529. The van der Waals surface area contributed by atoms with Crippen LogP contribution in [-0.4, -0.2) is 103 Å². The van der Waals surface area contributed by atoms with Gasteiger partial charge in [0.2, 0.25) is 0 Å². The highest BCUT2D eigenvalue weighted by Crippen LogP contribution is 2.39. The van der Waals surface area contributed by atoms with Crippen molar-refractivity contribution in [2.75, 3.05) is 61.9 Å². The van der Waals surface area contributed by atoms with Gasteiger partial charge in [0, 0.05) is 65.7 Å². The van der Waals surface area contributed by atoms with Crippen LogP contribution >= 0.6 is 23.4 Å². The normalized spacial score (nSPS) is 17.9. The summed E-state index contributed by atoms with van der Waals surface area (Å²) in [6.07, 6.45) is 0.796. The smallest absolute Gasteiger partial charge is 0.394 e. The van der Waals surface area contributed by atoms with E-state index in [4.69, 9.17) is 16.3 Å². The lowest BCUT2D eigenvalue weighted by atomic mass is 9.84. The fourth-order valence-corrected chi connectivity index (χ4v) is 11.0. The molecule has 2 aliphatic heterocycles. The topological polar surface area (TPSA) is 149 Å². The molecule has 2 saturated heterocycles. The van der Waals surface area contributed by atoms with Crippen molar-refractivity contribution < 1.29 is 45.5 Å². The molecule has 65 heavy (non-hydrogen) atoms. The molecule has 0 radical (unpaired) electrons. The third-order valence-electron chi connectivity index (χ3n) is 11.6. The Bertz CT molecular complexity index is 2520. The van der Waals surface area contributed by atoms with Crippen molar-refractivity contribution in [1.29, 1.82) is 0 Å². The number of carbonyl (C=O) groups is 1. The number of nitrogens with zero attached hydrogens (tertiary/aromatic N) is 2. The molecule has 1 unspecified atom stereocenters. The van der Waals surface area contributed by atoms with E-state index >= 15 is 0 Å². The summed E-state index contributed by atoms with van der Waals surface area (Å²) >= 11 is 7.56. The van der Waals surface area contributed by atoms with Gasteiger partial charge in [0.1, 0.15) is 4.90 Å². The Morgan fingerprint density at radius 1 is 0.923 bits per heavy atom. The standard InChI is InChI=1S/C47H50ClF3N4O7S3/c48-35-14-10-32(11-15-35)41-8-4-5-9-42(41)45(57)33-20-24-55(25-21-33)37-16-12-34(13-17-37)46(58)53-64(59)40-18-19-43(44(28-40)65(60,61)47(49,50)51)52-36(31-63-39-6-2-1-3-7-39)22-23-54-26-27-62-38(29-54)30-56/h1-19,28,33,36,38,45,52,56-57H,20-27,29-31H2,(H,53,58)/t36-,38+,45-,64?/m1/s1. The zero-order valence-corrected chi connectivity index (χ0v) is 38.4. The second-order valence-electron chi connectivity index (χ2n) is 15.9. The van der Waals surface area contributed by atoms with Crippen molar-refractivity contribution in [3.63, 3.8) is 0 Å². The number of amides is 1. The van der Waals surface area contributed by atoms with Crippen LogP contribution in [0.15, 0.2) is 136 Å². The van der Waals surface area contributed by atoms with Crippen LogP contribution in [0.25, 0.3) is 11.1 Å². The van der Waals surface area contributed by atoms with Gasteiger partial charge in [-0.2, -0.15) is 13.2 Å². The Balaban J connectivity index is 1.01. The molecule has 0 aliphatic carbocycles. The molecule has 5 aromatic carbocycles. The number of nitrogens with one attached hydrogen (secondary N) is 2. The zero-order chi connectivity index (χ0) is 46.1. The molecule has 1 amide bonds. The predicted octanol–water partition coefficient (Wildman–Crippen LogP) is 8.36. The molecular weight excluding hydrogens is 921 g/mol. The van der Waals surface area contributed by atoms with Gasteiger partial charge in [-0.05, 0) is 109 Å². The molecule has 0 bridgehead atoms. The van der Waals surface area contributed by atoms with Gasteiger partial charge >= 0.3 is 5.51 Å². The Labute approximate surface area is 388 Å². The SMILES string of the molecule is O=C(NS(=O)c1ccc(N[C@H](CCN2CCO[C@H](CO)C2)CSc2ccccc2)c(S(=O)(=O)C(F)(F)F)c1)c1ccc(N2CCC([C@@H](O)c3ccccc3-c3ccc(Cl)cc3)CC2)cc1. The third-order valence-corrected chi connectivity index (χ3v) is 15.6. The molecule has 2 fully saturated rings.